The number of nitrogens with zero attached hydrogens (tertiary/aromatic N) is 2. The third-order valence-electron chi connectivity index (χ3n) is 3.84. The fourth-order valence-corrected chi connectivity index (χ4v) is 2.64. The molecule has 0 saturated carbocycles. The maximum atomic E-state index is 10.6. The molecule has 0 atom stereocenters. The van der Waals surface area contributed by atoms with Gasteiger partial charge in [-0.05, 0) is 31.0 Å². The summed E-state index contributed by atoms with van der Waals surface area (Å²) in [5, 5.41) is 0. The SMILES string of the molecule is NC(=O)C=CCCCN1CCN(Cc2ccccc2)CC1. The van der Waals surface area contributed by atoms with E-state index in [0.29, 0.717) is 0 Å². The zero-order valence-corrected chi connectivity index (χ0v) is 12.6. The Bertz CT molecular complexity index is 450. The summed E-state index contributed by atoms with van der Waals surface area (Å²) in [5.74, 6) is -0.357. The first-order valence-corrected chi connectivity index (χ1v) is 7.68. The van der Waals surface area contributed by atoms with Crippen molar-refractivity contribution in [2.24, 2.45) is 5.73 Å². The number of hydrogen-bond donors (Lipinski definition) is 1. The molecule has 1 saturated heterocycles. The fourth-order valence-electron chi connectivity index (χ4n) is 2.64. The van der Waals surface area contributed by atoms with Crippen LogP contribution in [-0.2, 0) is 11.3 Å². The van der Waals surface area contributed by atoms with E-state index in [4.69, 9.17) is 5.73 Å². The summed E-state index contributed by atoms with van der Waals surface area (Å²) in [6.07, 6.45) is 5.33. The van der Waals surface area contributed by atoms with Crippen molar-refractivity contribution in [3.8, 4) is 0 Å². The van der Waals surface area contributed by atoms with Crippen LogP contribution in [-0.4, -0.2) is 48.4 Å². The monoisotopic (exact) mass is 287 g/mol. The molecule has 1 aromatic rings. The molecule has 1 aliphatic heterocycles. The normalized spacial score (nSPS) is 17.3. The molecule has 0 unspecified atom stereocenters. The Morgan fingerprint density at radius 3 is 2.43 bits per heavy atom. The number of piperazine rings is 1. The third kappa shape index (κ3) is 6.10. The molecule has 0 bridgehead atoms. The third-order valence-corrected chi connectivity index (χ3v) is 3.84. The summed E-state index contributed by atoms with van der Waals surface area (Å²) in [6.45, 7) is 6.68. The molecule has 0 spiro atoms. The Balaban J connectivity index is 1.61. The predicted molar refractivity (Wildman–Crippen MR) is 85.7 cm³/mol. The highest BCUT2D eigenvalue weighted by Crippen LogP contribution is 2.09. The number of primary amides is 1. The van der Waals surface area contributed by atoms with Crippen LogP contribution in [0, 0.1) is 0 Å². The van der Waals surface area contributed by atoms with Gasteiger partial charge in [-0.3, -0.25) is 9.69 Å². The van der Waals surface area contributed by atoms with E-state index >= 15 is 0 Å². The number of nitrogens with two attached hydrogens (primary N) is 1. The van der Waals surface area contributed by atoms with Crippen molar-refractivity contribution < 1.29 is 4.79 Å². The number of allylic oxidation sites excluding steroid dienone is 1. The summed E-state index contributed by atoms with van der Waals surface area (Å²) < 4.78 is 0. The van der Waals surface area contributed by atoms with Gasteiger partial charge in [0.05, 0.1) is 0 Å². The second-order valence-corrected chi connectivity index (χ2v) is 5.55. The van der Waals surface area contributed by atoms with Crippen molar-refractivity contribution in [2.45, 2.75) is 19.4 Å². The maximum Gasteiger partial charge on any atom is 0.241 e. The van der Waals surface area contributed by atoms with Crippen LogP contribution in [0.5, 0.6) is 0 Å². The van der Waals surface area contributed by atoms with Crippen molar-refractivity contribution in [1.82, 2.24) is 9.80 Å². The van der Waals surface area contributed by atoms with E-state index in [0.717, 1.165) is 52.1 Å². The van der Waals surface area contributed by atoms with Crippen LogP contribution in [0.1, 0.15) is 18.4 Å². The highest BCUT2D eigenvalue weighted by molar-refractivity contribution is 5.85. The lowest BCUT2D eigenvalue weighted by Gasteiger charge is -2.34. The minimum Gasteiger partial charge on any atom is -0.366 e. The van der Waals surface area contributed by atoms with Crippen LogP contribution in [0.4, 0.5) is 0 Å². The average molecular weight is 287 g/mol. The Kier molecular flexibility index (Phi) is 6.44. The van der Waals surface area contributed by atoms with Crippen molar-refractivity contribution in [3.63, 3.8) is 0 Å². The topological polar surface area (TPSA) is 49.6 Å². The van der Waals surface area contributed by atoms with Crippen molar-refractivity contribution >= 4 is 5.91 Å². The van der Waals surface area contributed by atoms with Crippen molar-refractivity contribution in [3.05, 3.63) is 48.0 Å². The molecule has 2 N–H and O–H groups in total. The molecule has 4 nitrogen and oxygen atoms in total. The molecular weight excluding hydrogens is 262 g/mol. The molecule has 1 aliphatic rings. The number of hydrogen-bond acceptors (Lipinski definition) is 3. The van der Waals surface area contributed by atoms with E-state index in [1.165, 1.54) is 11.6 Å². The molecule has 1 aromatic carbocycles. The number of rotatable bonds is 7. The standard InChI is InChI=1S/C17H25N3O/c18-17(21)9-5-2-6-10-19-11-13-20(14-12-19)15-16-7-3-1-4-8-16/h1,3-5,7-9H,2,6,10-15H2,(H2,18,21). The Morgan fingerprint density at radius 2 is 1.76 bits per heavy atom. The van der Waals surface area contributed by atoms with Gasteiger partial charge in [0.15, 0.2) is 0 Å². The molecule has 21 heavy (non-hydrogen) atoms. The Morgan fingerprint density at radius 1 is 1.10 bits per heavy atom. The van der Waals surface area contributed by atoms with Gasteiger partial charge in [0.2, 0.25) is 5.91 Å². The van der Waals surface area contributed by atoms with Gasteiger partial charge in [-0.1, -0.05) is 36.4 Å². The van der Waals surface area contributed by atoms with Crippen molar-refractivity contribution in [1.29, 1.82) is 0 Å². The molecule has 0 aromatic heterocycles. The number of unbranched alkanes of at least 4 members (excludes halogenated alkanes) is 1. The van der Waals surface area contributed by atoms with E-state index in [1.807, 2.05) is 6.08 Å². The molecule has 1 amide bonds. The van der Waals surface area contributed by atoms with Gasteiger partial charge >= 0.3 is 0 Å². The van der Waals surface area contributed by atoms with E-state index in [-0.39, 0.29) is 5.91 Å². The molecule has 114 valence electrons. The van der Waals surface area contributed by atoms with Gasteiger partial charge in [-0.2, -0.15) is 0 Å². The Labute approximate surface area is 127 Å². The van der Waals surface area contributed by atoms with Crippen molar-refractivity contribution in [2.75, 3.05) is 32.7 Å². The fraction of sp³-hybridized carbons (Fsp3) is 0.471. The number of carbonyl (C=O) groups is 1. The molecule has 1 heterocycles. The lowest BCUT2D eigenvalue weighted by atomic mass is 10.2. The second-order valence-electron chi connectivity index (χ2n) is 5.55. The summed E-state index contributed by atoms with van der Waals surface area (Å²) in [7, 11) is 0. The smallest absolute Gasteiger partial charge is 0.241 e. The average Bonchev–Trinajstić information content (AvgIpc) is 2.49. The molecule has 4 heteroatoms. The number of carbonyl (C=O) groups excluding carboxylic acids is 1. The predicted octanol–water partition coefficient (Wildman–Crippen LogP) is 1.63. The minimum atomic E-state index is -0.357. The summed E-state index contributed by atoms with van der Waals surface area (Å²) in [6, 6.07) is 10.7. The number of benzene rings is 1. The van der Waals surface area contributed by atoms with E-state index in [2.05, 4.69) is 40.1 Å². The first-order chi connectivity index (χ1) is 10.2. The van der Waals surface area contributed by atoms with Gasteiger partial charge in [0, 0.05) is 32.7 Å². The highest BCUT2D eigenvalue weighted by atomic mass is 16.1. The lowest BCUT2D eigenvalue weighted by molar-refractivity contribution is -0.113. The molecule has 0 radical (unpaired) electrons. The van der Waals surface area contributed by atoms with Crippen LogP contribution in [0.25, 0.3) is 0 Å². The molecule has 2 rings (SSSR count). The summed E-state index contributed by atoms with van der Waals surface area (Å²) in [4.78, 5) is 15.6. The van der Waals surface area contributed by atoms with Crippen LogP contribution < -0.4 is 5.73 Å². The first-order valence-electron chi connectivity index (χ1n) is 7.68. The van der Waals surface area contributed by atoms with Gasteiger partial charge in [-0.15, -0.1) is 0 Å². The molecular formula is C17H25N3O. The molecule has 0 aliphatic carbocycles. The summed E-state index contributed by atoms with van der Waals surface area (Å²) >= 11 is 0. The second kappa shape index (κ2) is 8.60. The molecule has 1 fully saturated rings. The number of amides is 1. The van der Waals surface area contributed by atoms with Gasteiger partial charge in [0.1, 0.15) is 0 Å². The minimum absolute atomic E-state index is 0.357. The Hall–Kier alpha value is -1.65. The van der Waals surface area contributed by atoms with Gasteiger partial charge in [-0.25, -0.2) is 0 Å². The first kappa shape index (κ1) is 15.7. The zero-order valence-electron chi connectivity index (χ0n) is 12.6. The summed E-state index contributed by atoms with van der Waals surface area (Å²) in [5.41, 5.74) is 6.45. The zero-order chi connectivity index (χ0) is 14.9. The lowest BCUT2D eigenvalue weighted by Crippen LogP contribution is -2.46. The maximum absolute atomic E-state index is 10.6. The van der Waals surface area contributed by atoms with Gasteiger partial charge in [0.25, 0.3) is 0 Å². The van der Waals surface area contributed by atoms with Crippen LogP contribution in [0.3, 0.4) is 0 Å². The quantitative estimate of drug-likeness (QED) is 0.612. The van der Waals surface area contributed by atoms with E-state index in [9.17, 15) is 4.79 Å². The van der Waals surface area contributed by atoms with Crippen LogP contribution >= 0.6 is 0 Å². The van der Waals surface area contributed by atoms with E-state index in [1.54, 1.807) is 0 Å². The van der Waals surface area contributed by atoms with Crippen LogP contribution in [0.15, 0.2) is 42.5 Å². The largest absolute Gasteiger partial charge is 0.366 e. The van der Waals surface area contributed by atoms with Gasteiger partial charge < -0.3 is 10.6 Å². The van der Waals surface area contributed by atoms with Crippen LogP contribution in [0.2, 0.25) is 0 Å². The highest BCUT2D eigenvalue weighted by Gasteiger charge is 2.16. The van der Waals surface area contributed by atoms with E-state index < -0.39 is 0 Å².